The molecule has 0 spiro atoms. The van der Waals surface area contributed by atoms with Crippen LogP contribution in [-0.2, 0) is 4.79 Å². The van der Waals surface area contributed by atoms with E-state index in [9.17, 15) is 4.79 Å². The van der Waals surface area contributed by atoms with Crippen molar-refractivity contribution in [2.75, 3.05) is 26.4 Å². The van der Waals surface area contributed by atoms with E-state index < -0.39 is 12.2 Å². The van der Waals surface area contributed by atoms with Gasteiger partial charge in [0.2, 0.25) is 11.8 Å². The zero-order valence-electron chi connectivity index (χ0n) is 19.3. The van der Waals surface area contributed by atoms with Crippen LogP contribution in [0.15, 0.2) is 35.6 Å². The Bertz CT molecular complexity index is 964. The monoisotopic (exact) mass is 439 g/mol. The van der Waals surface area contributed by atoms with E-state index in [1.165, 1.54) is 48.9 Å². The quantitative estimate of drug-likeness (QED) is 0.757. The van der Waals surface area contributed by atoms with Crippen LogP contribution in [0.2, 0.25) is 0 Å². The number of hydrogen-bond acceptors (Lipinski definition) is 7. The number of aliphatic hydroxyl groups is 1. The summed E-state index contributed by atoms with van der Waals surface area (Å²) in [7, 11) is 3.19. The molecule has 172 valence electrons. The minimum atomic E-state index is -0.569. The molecular weight excluding hydrogens is 406 g/mol. The molecule has 1 aliphatic heterocycles. The number of nitrogen functional groups attached to an aromatic ring is 1. The molecule has 1 saturated carbocycles. The molecule has 2 aliphatic rings. The summed E-state index contributed by atoms with van der Waals surface area (Å²) in [5, 5.41) is 8.11. The van der Waals surface area contributed by atoms with E-state index in [-0.39, 0.29) is 5.91 Å². The molecule has 2 heterocycles. The first kappa shape index (κ1) is 23.7. The fraction of sp³-hybridized carbons (Fsp3) is 0.500. The van der Waals surface area contributed by atoms with Crippen LogP contribution in [-0.4, -0.2) is 57.9 Å². The number of nitrogens with two attached hydrogens (primary N) is 1. The molecule has 0 bridgehead atoms. The van der Waals surface area contributed by atoms with Crippen LogP contribution in [0.5, 0.6) is 5.88 Å². The maximum absolute atomic E-state index is 10.2. The fourth-order valence-corrected chi connectivity index (χ4v) is 3.99. The average Bonchev–Trinajstić information content (AvgIpc) is 2.79. The van der Waals surface area contributed by atoms with Crippen LogP contribution in [0.4, 0.5) is 11.5 Å². The van der Waals surface area contributed by atoms with Crippen molar-refractivity contribution in [2.24, 2.45) is 4.99 Å². The average molecular weight is 440 g/mol. The standard InChI is InChI=1S/C20H24N4O.C4H9NO2/c1-20(2)17(24-16-18(21)22-12-23-19(16)25-20)15-10-8-14(9-11-15)13-6-4-3-5-7-13;1-5(2)4(7)3-6/h8-13H,3-7H2,1-2H3,(H2,21,22,23);6H,3H2,1-2H3. The highest BCUT2D eigenvalue weighted by atomic mass is 16.5. The van der Waals surface area contributed by atoms with Crippen molar-refractivity contribution in [3.63, 3.8) is 0 Å². The molecule has 1 amide bonds. The van der Waals surface area contributed by atoms with Crippen LogP contribution in [0.1, 0.15) is 63.0 Å². The SMILES string of the molecule is CC1(C)Oc2ncnc(N)c2N=C1c1ccc(C2CCCCC2)cc1.CN(C)C(=O)CO. The second kappa shape index (κ2) is 10.1. The van der Waals surface area contributed by atoms with Gasteiger partial charge in [-0.15, -0.1) is 0 Å². The van der Waals surface area contributed by atoms with Crippen molar-refractivity contribution in [3.05, 3.63) is 41.7 Å². The normalized spacial score (nSPS) is 17.2. The number of rotatable bonds is 3. The van der Waals surface area contributed by atoms with Crippen molar-refractivity contribution in [3.8, 4) is 5.88 Å². The van der Waals surface area contributed by atoms with Gasteiger partial charge in [-0.25, -0.2) is 9.98 Å². The summed E-state index contributed by atoms with van der Waals surface area (Å²) in [6.45, 7) is 3.61. The molecule has 1 fully saturated rings. The van der Waals surface area contributed by atoms with E-state index in [1.807, 2.05) is 13.8 Å². The number of ether oxygens (including phenoxy) is 1. The lowest BCUT2D eigenvalue weighted by molar-refractivity contribution is -0.131. The van der Waals surface area contributed by atoms with Crippen molar-refractivity contribution in [1.82, 2.24) is 14.9 Å². The van der Waals surface area contributed by atoms with Crippen LogP contribution in [0, 0.1) is 0 Å². The highest BCUT2D eigenvalue weighted by molar-refractivity contribution is 6.09. The minimum Gasteiger partial charge on any atom is -0.463 e. The second-order valence-electron chi connectivity index (χ2n) is 8.89. The smallest absolute Gasteiger partial charge is 0.247 e. The number of amides is 1. The number of anilines is 1. The zero-order valence-corrected chi connectivity index (χ0v) is 19.3. The molecule has 1 aromatic carbocycles. The van der Waals surface area contributed by atoms with E-state index in [1.54, 1.807) is 14.1 Å². The van der Waals surface area contributed by atoms with Gasteiger partial charge in [0, 0.05) is 19.7 Å². The molecule has 0 saturated heterocycles. The summed E-state index contributed by atoms with van der Waals surface area (Å²) >= 11 is 0. The Hall–Kier alpha value is -3.00. The first-order valence-electron chi connectivity index (χ1n) is 11.0. The number of aliphatic hydroxyl groups excluding tert-OH is 1. The van der Waals surface area contributed by atoms with Crippen LogP contribution in [0.3, 0.4) is 0 Å². The van der Waals surface area contributed by atoms with E-state index in [0.29, 0.717) is 23.3 Å². The molecule has 3 N–H and O–H groups in total. The molecular formula is C24H33N5O3. The van der Waals surface area contributed by atoms with E-state index >= 15 is 0 Å². The van der Waals surface area contributed by atoms with E-state index in [0.717, 1.165) is 11.3 Å². The topological polar surface area (TPSA) is 114 Å². The van der Waals surface area contributed by atoms with Gasteiger partial charge in [-0.3, -0.25) is 4.79 Å². The maximum atomic E-state index is 10.2. The van der Waals surface area contributed by atoms with Gasteiger partial charge in [0.1, 0.15) is 18.5 Å². The highest BCUT2D eigenvalue weighted by Gasteiger charge is 2.35. The summed E-state index contributed by atoms with van der Waals surface area (Å²) in [6, 6.07) is 8.78. The third-order valence-corrected chi connectivity index (χ3v) is 5.86. The number of fused-ring (bicyclic) bond motifs is 1. The molecule has 8 nitrogen and oxygen atoms in total. The van der Waals surface area contributed by atoms with Gasteiger partial charge in [-0.05, 0) is 38.2 Å². The number of hydrogen-bond donors (Lipinski definition) is 2. The van der Waals surface area contributed by atoms with Crippen molar-refractivity contribution < 1.29 is 14.6 Å². The molecule has 32 heavy (non-hydrogen) atoms. The van der Waals surface area contributed by atoms with Crippen molar-refractivity contribution >= 4 is 23.1 Å². The third kappa shape index (κ3) is 5.43. The number of nitrogens with zero attached hydrogens (tertiary/aromatic N) is 4. The van der Waals surface area contributed by atoms with Crippen molar-refractivity contribution in [2.45, 2.75) is 57.5 Å². The van der Waals surface area contributed by atoms with Gasteiger partial charge in [0.25, 0.3) is 0 Å². The van der Waals surface area contributed by atoms with Crippen LogP contribution in [0.25, 0.3) is 0 Å². The predicted octanol–water partition coefficient (Wildman–Crippen LogP) is 3.47. The molecule has 8 heteroatoms. The predicted molar refractivity (Wildman–Crippen MR) is 125 cm³/mol. The largest absolute Gasteiger partial charge is 0.463 e. The van der Waals surface area contributed by atoms with Crippen molar-refractivity contribution in [1.29, 1.82) is 0 Å². The second-order valence-corrected chi connectivity index (χ2v) is 8.89. The Labute approximate surface area is 189 Å². The van der Waals surface area contributed by atoms with Gasteiger partial charge in [0.15, 0.2) is 11.5 Å². The zero-order chi connectivity index (χ0) is 23.3. The Morgan fingerprint density at radius 3 is 2.38 bits per heavy atom. The number of likely N-dealkylation sites (N-methyl/N-ethyl adjacent to an activating group) is 1. The molecule has 0 unspecified atom stereocenters. The third-order valence-electron chi connectivity index (χ3n) is 5.86. The lowest BCUT2D eigenvalue weighted by Crippen LogP contribution is -2.41. The lowest BCUT2D eigenvalue weighted by atomic mass is 9.83. The first-order valence-corrected chi connectivity index (χ1v) is 11.0. The number of aromatic nitrogens is 2. The Morgan fingerprint density at radius 2 is 1.81 bits per heavy atom. The van der Waals surface area contributed by atoms with E-state index in [2.05, 4.69) is 34.2 Å². The van der Waals surface area contributed by atoms with Gasteiger partial charge >= 0.3 is 0 Å². The number of carbonyl (C=O) groups excluding carboxylic acids is 1. The minimum absolute atomic E-state index is 0.264. The summed E-state index contributed by atoms with van der Waals surface area (Å²) in [6.07, 6.45) is 8.07. The number of benzene rings is 1. The number of aliphatic imine (C=N–C) groups is 1. The summed E-state index contributed by atoms with van der Waals surface area (Å²) in [5.74, 6) is 1.22. The van der Waals surface area contributed by atoms with Gasteiger partial charge in [-0.2, -0.15) is 4.98 Å². The van der Waals surface area contributed by atoms with Gasteiger partial charge in [0.05, 0.1) is 5.71 Å². The van der Waals surface area contributed by atoms with Gasteiger partial charge < -0.3 is 20.5 Å². The fourth-order valence-electron chi connectivity index (χ4n) is 3.99. The molecule has 0 atom stereocenters. The number of carbonyl (C=O) groups is 1. The molecule has 0 radical (unpaired) electrons. The molecule has 2 aromatic rings. The summed E-state index contributed by atoms with van der Waals surface area (Å²) in [5.41, 5.74) is 9.25. The molecule has 1 aliphatic carbocycles. The lowest BCUT2D eigenvalue weighted by Gasteiger charge is -2.32. The molecule has 1 aromatic heterocycles. The van der Waals surface area contributed by atoms with Crippen LogP contribution >= 0.6 is 0 Å². The summed E-state index contributed by atoms with van der Waals surface area (Å²) in [4.78, 5) is 24.5. The Kier molecular flexibility index (Phi) is 7.45. The Balaban J connectivity index is 0.000000360. The first-order chi connectivity index (χ1) is 15.2. The maximum Gasteiger partial charge on any atom is 0.247 e. The van der Waals surface area contributed by atoms with Crippen LogP contribution < -0.4 is 10.5 Å². The highest BCUT2D eigenvalue weighted by Crippen LogP contribution is 2.39. The Morgan fingerprint density at radius 1 is 1.16 bits per heavy atom. The van der Waals surface area contributed by atoms with Gasteiger partial charge in [-0.1, -0.05) is 43.5 Å². The molecule has 4 rings (SSSR count). The van der Waals surface area contributed by atoms with E-state index in [4.69, 9.17) is 20.6 Å². The summed E-state index contributed by atoms with van der Waals surface area (Å²) < 4.78 is 6.05.